The van der Waals surface area contributed by atoms with E-state index in [-0.39, 0.29) is 17.6 Å². The summed E-state index contributed by atoms with van der Waals surface area (Å²) in [5, 5.41) is 14.4. The molecule has 0 saturated heterocycles. The molecular weight excluding hydrogens is 252 g/mol. The molecule has 0 saturated carbocycles. The second kappa shape index (κ2) is 6.09. The maximum absolute atomic E-state index is 12.0. The van der Waals surface area contributed by atoms with Gasteiger partial charge in [-0.2, -0.15) is 0 Å². The lowest BCUT2D eigenvalue weighted by Gasteiger charge is -2.29. The molecule has 0 fully saturated rings. The van der Waals surface area contributed by atoms with Crippen molar-refractivity contribution in [3.63, 3.8) is 0 Å². The topological polar surface area (TPSA) is 65.1 Å². The number of aliphatic hydroxyl groups excluding tert-OH is 1. The van der Waals surface area contributed by atoms with Crippen LogP contribution in [0.1, 0.15) is 26.7 Å². The van der Waals surface area contributed by atoms with Crippen molar-refractivity contribution in [3.8, 4) is 0 Å². The molecule has 4 heteroatoms. The van der Waals surface area contributed by atoms with Crippen LogP contribution >= 0.6 is 0 Å². The van der Waals surface area contributed by atoms with Gasteiger partial charge < -0.3 is 15.4 Å². The average molecular weight is 274 g/mol. The molecule has 2 rings (SSSR count). The van der Waals surface area contributed by atoms with E-state index < -0.39 is 0 Å². The summed E-state index contributed by atoms with van der Waals surface area (Å²) < 4.78 is 0. The van der Waals surface area contributed by atoms with E-state index in [9.17, 15) is 9.90 Å². The van der Waals surface area contributed by atoms with Crippen LogP contribution in [-0.4, -0.2) is 23.2 Å². The highest BCUT2D eigenvalue weighted by molar-refractivity contribution is 5.83. The van der Waals surface area contributed by atoms with Crippen molar-refractivity contribution in [2.24, 2.45) is 5.41 Å². The van der Waals surface area contributed by atoms with Crippen LogP contribution in [0.5, 0.6) is 0 Å². The molecule has 0 aliphatic heterocycles. The molecule has 1 heterocycles. The molecule has 20 heavy (non-hydrogen) atoms. The van der Waals surface area contributed by atoms with Gasteiger partial charge in [0.15, 0.2) is 0 Å². The number of nitrogens with one attached hydrogen (secondary N) is 2. The van der Waals surface area contributed by atoms with Gasteiger partial charge >= 0.3 is 0 Å². The number of aliphatic hydroxyl groups is 1. The van der Waals surface area contributed by atoms with E-state index in [0.717, 1.165) is 18.2 Å². The second-order valence-electron chi connectivity index (χ2n) is 5.32. The van der Waals surface area contributed by atoms with E-state index in [1.165, 1.54) is 0 Å². The van der Waals surface area contributed by atoms with Crippen LogP contribution in [0.3, 0.4) is 0 Å². The maximum atomic E-state index is 12.0. The minimum Gasteiger partial charge on any atom is -0.396 e. The minimum absolute atomic E-state index is 0.0896. The molecule has 0 atom stereocenters. The average Bonchev–Trinajstić information content (AvgIpc) is 2.49. The lowest BCUT2D eigenvalue weighted by atomic mass is 9.83. The monoisotopic (exact) mass is 274 g/mol. The molecule has 3 N–H and O–H groups in total. The number of pyridine rings is 1. The third-order valence-corrected chi connectivity index (χ3v) is 4.24. The maximum Gasteiger partial charge on any atom is 0.257 e. The van der Waals surface area contributed by atoms with Gasteiger partial charge in [0.2, 0.25) is 0 Å². The number of anilines is 1. The number of aromatic nitrogens is 1. The summed E-state index contributed by atoms with van der Waals surface area (Å²) in [6.07, 6.45) is 1.79. The van der Waals surface area contributed by atoms with Crippen molar-refractivity contribution in [1.29, 1.82) is 0 Å². The van der Waals surface area contributed by atoms with Crippen LogP contribution < -0.4 is 10.9 Å². The number of aromatic amines is 1. The molecule has 0 spiro atoms. The molecule has 0 bridgehead atoms. The standard InChI is InChI=1S/C16H22N2O2/c1-3-16(4-2,11-19)10-17-14-9-12-7-5-6-8-13(12)15(20)18-14/h5-9,19H,3-4,10-11H2,1-2H3,(H2,17,18,20). The summed E-state index contributed by atoms with van der Waals surface area (Å²) in [7, 11) is 0. The fourth-order valence-corrected chi connectivity index (χ4v) is 2.37. The van der Waals surface area contributed by atoms with Crippen LogP contribution in [0, 0.1) is 5.41 Å². The van der Waals surface area contributed by atoms with Crippen molar-refractivity contribution in [1.82, 2.24) is 4.98 Å². The van der Waals surface area contributed by atoms with Crippen LogP contribution in [0.15, 0.2) is 35.1 Å². The first-order valence-electron chi connectivity index (χ1n) is 7.11. The highest BCUT2D eigenvalue weighted by Gasteiger charge is 2.24. The number of hydrogen-bond donors (Lipinski definition) is 3. The molecule has 1 aromatic carbocycles. The van der Waals surface area contributed by atoms with E-state index in [1.807, 2.05) is 30.3 Å². The number of rotatable bonds is 6. The predicted molar refractivity (Wildman–Crippen MR) is 83.2 cm³/mol. The molecule has 0 amide bonds. The van der Waals surface area contributed by atoms with Crippen LogP contribution in [0.2, 0.25) is 0 Å². The Morgan fingerprint density at radius 1 is 1.25 bits per heavy atom. The Labute approximate surface area is 118 Å². The van der Waals surface area contributed by atoms with Gasteiger partial charge in [-0.3, -0.25) is 4.79 Å². The van der Waals surface area contributed by atoms with Gasteiger partial charge in [-0.15, -0.1) is 0 Å². The number of benzene rings is 1. The first kappa shape index (κ1) is 14.6. The van der Waals surface area contributed by atoms with Crippen molar-refractivity contribution in [3.05, 3.63) is 40.7 Å². The molecular formula is C16H22N2O2. The van der Waals surface area contributed by atoms with E-state index in [1.54, 1.807) is 0 Å². The number of fused-ring (bicyclic) bond motifs is 1. The van der Waals surface area contributed by atoms with Crippen molar-refractivity contribution in [2.45, 2.75) is 26.7 Å². The fourth-order valence-electron chi connectivity index (χ4n) is 2.37. The second-order valence-corrected chi connectivity index (χ2v) is 5.32. The van der Waals surface area contributed by atoms with Gasteiger partial charge in [0.05, 0.1) is 6.61 Å². The first-order chi connectivity index (χ1) is 9.64. The summed E-state index contributed by atoms with van der Waals surface area (Å²) in [6.45, 7) is 4.94. The van der Waals surface area contributed by atoms with Crippen LogP contribution in [0.25, 0.3) is 10.8 Å². The largest absolute Gasteiger partial charge is 0.396 e. The van der Waals surface area contributed by atoms with E-state index >= 15 is 0 Å². The summed E-state index contributed by atoms with van der Waals surface area (Å²) in [6, 6.07) is 9.45. The highest BCUT2D eigenvalue weighted by atomic mass is 16.3. The summed E-state index contributed by atoms with van der Waals surface area (Å²) >= 11 is 0. The zero-order chi connectivity index (χ0) is 14.6. The first-order valence-corrected chi connectivity index (χ1v) is 7.11. The summed E-state index contributed by atoms with van der Waals surface area (Å²) in [5.41, 5.74) is -0.226. The van der Waals surface area contributed by atoms with Gasteiger partial charge in [0, 0.05) is 17.3 Å². The van der Waals surface area contributed by atoms with Crippen molar-refractivity contribution < 1.29 is 5.11 Å². The highest BCUT2D eigenvalue weighted by Crippen LogP contribution is 2.26. The normalized spacial score (nSPS) is 11.8. The predicted octanol–water partition coefficient (Wildman–Crippen LogP) is 2.74. The summed E-state index contributed by atoms with van der Waals surface area (Å²) in [4.78, 5) is 14.8. The van der Waals surface area contributed by atoms with E-state index in [4.69, 9.17) is 0 Å². The Kier molecular flexibility index (Phi) is 4.45. The van der Waals surface area contributed by atoms with Crippen LogP contribution in [-0.2, 0) is 0 Å². The smallest absolute Gasteiger partial charge is 0.257 e. The van der Waals surface area contributed by atoms with Gasteiger partial charge in [-0.25, -0.2) is 0 Å². The quantitative estimate of drug-likeness (QED) is 0.759. The van der Waals surface area contributed by atoms with E-state index in [0.29, 0.717) is 17.7 Å². The zero-order valence-electron chi connectivity index (χ0n) is 12.1. The van der Waals surface area contributed by atoms with Gasteiger partial charge in [0.1, 0.15) is 5.82 Å². The fraction of sp³-hybridized carbons (Fsp3) is 0.438. The Balaban J connectivity index is 2.24. The molecule has 0 aliphatic carbocycles. The Morgan fingerprint density at radius 2 is 1.95 bits per heavy atom. The van der Waals surface area contributed by atoms with Crippen molar-refractivity contribution in [2.75, 3.05) is 18.5 Å². The SMILES string of the molecule is CCC(CC)(CO)CNc1cc2ccccc2c(=O)[nH]1. The lowest BCUT2D eigenvalue weighted by Crippen LogP contribution is -2.32. The molecule has 108 valence electrons. The molecule has 0 aliphatic rings. The Bertz CT molecular complexity index is 621. The minimum atomic E-state index is -0.136. The van der Waals surface area contributed by atoms with Gasteiger partial charge in [-0.05, 0) is 30.4 Å². The molecule has 1 aromatic heterocycles. The molecule has 4 nitrogen and oxygen atoms in total. The van der Waals surface area contributed by atoms with Crippen LogP contribution in [0.4, 0.5) is 5.82 Å². The van der Waals surface area contributed by atoms with Gasteiger partial charge in [-0.1, -0.05) is 32.0 Å². The summed E-state index contributed by atoms with van der Waals surface area (Å²) in [5.74, 6) is 0.702. The number of hydrogen-bond acceptors (Lipinski definition) is 3. The molecule has 0 radical (unpaired) electrons. The Hall–Kier alpha value is -1.81. The third-order valence-electron chi connectivity index (χ3n) is 4.24. The van der Waals surface area contributed by atoms with Gasteiger partial charge in [0.25, 0.3) is 5.56 Å². The Morgan fingerprint density at radius 3 is 2.60 bits per heavy atom. The molecule has 2 aromatic rings. The van der Waals surface area contributed by atoms with Crippen molar-refractivity contribution >= 4 is 16.6 Å². The lowest BCUT2D eigenvalue weighted by molar-refractivity contribution is 0.127. The third kappa shape index (κ3) is 2.85. The number of H-pyrrole nitrogens is 1. The molecule has 0 unspecified atom stereocenters. The zero-order valence-corrected chi connectivity index (χ0v) is 12.1. The van der Waals surface area contributed by atoms with E-state index in [2.05, 4.69) is 24.1 Å².